The minimum absolute atomic E-state index is 0.619. The minimum Gasteiger partial charge on any atom is -0.480 e. The Kier molecular flexibility index (Phi) is 1.57. The Morgan fingerprint density at radius 1 is 1.77 bits per heavy atom. The highest BCUT2D eigenvalue weighted by molar-refractivity contribution is 5.78. The van der Waals surface area contributed by atoms with Crippen LogP contribution in [0.5, 0.6) is 0 Å². The summed E-state index contributed by atoms with van der Waals surface area (Å²) in [4.78, 5) is 14.8. The highest BCUT2D eigenvalue weighted by atomic mass is 16.4. The fourth-order valence-corrected chi connectivity index (χ4v) is 1.37. The van der Waals surface area contributed by atoms with E-state index in [1.807, 2.05) is 6.92 Å². The first-order valence-corrected chi connectivity index (χ1v) is 3.89. The summed E-state index contributed by atoms with van der Waals surface area (Å²) < 4.78 is 1.73. The fraction of sp³-hybridized carbons (Fsp3) is 0.222. The molecule has 0 aliphatic carbocycles. The fourth-order valence-electron chi connectivity index (χ4n) is 1.37. The molecule has 1 N–H and O–H groups in total. The Hall–Kier alpha value is -1.80. The minimum atomic E-state index is -0.873. The Morgan fingerprint density at radius 2 is 2.54 bits per heavy atom. The molecule has 1 aromatic heterocycles. The molecule has 1 aromatic rings. The number of hydrogen-bond donors (Lipinski definition) is 1. The standard InChI is InChI=1S/C9H8N2O2/c1-6-10-5-8-7(9(12)13)3-2-4-11(6)8/h3-5,7H,1H3,(H,12,13). The third-order valence-corrected chi connectivity index (χ3v) is 2.06. The number of hydrogen-bond acceptors (Lipinski definition) is 2. The lowest BCUT2D eigenvalue weighted by Gasteiger charge is -2.11. The smallest absolute Gasteiger partial charge is 0.317 e. The topological polar surface area (TPSA) is 55.1 Å². The van der Waals surface area contributed by atoms with Gasteiger partial charge in [-0.3, -0.25) is 9.36 Å². The molecule has 2 rings (SSSR count). The van der Waals surface area contributed by atoms with Gasteiger partial charge in [-0.15, -0.1) is 5.73 Å². The van der Waals surface area contributed by atoms with Gasteiger partial charge in [-0.05, 0) is 13.0 Å². The van der Waals surface area contributed by atoms with Gasteiger partial charge in [-0.1, -0.05) is 0 Å². The van der Waals surface area contributed by atoms with Crippen LogP contribution in [0, 0.1) is 6.92 Å². The van der Waals surface area contributed by atoms with E-state index in [-0.39, 0.29) is 0 Å². The van der Waals surface area contributed by atoms with E-state index in [2.05, 4.69) is 10.7 Å². The number of nitrogens with zero attached hydrogens (tertiary/aromatic N) is 2. The van der Waals surface area contributed by atoms with E-state index in [9.17, 15) is 4.79 Å². The van der Waals surface area contributed by atoms with Crippen molar-refractivity contribution in [3.63, 3.8) is 0 Å². The number of imidazole rings is 1. The summed E-state index contributed by atoms with van der Waals surface area (Å²) >= 11 is 0. The average molecular weight is 176 g/mol. The number of aliphatic carboxylic acids is 1. The van der Waals surface area contributed by atoms with Gasteiger partial charge in [0.15, 0.2) is 0 Å². The average Bonchev–Trinajstić information content (AvgIpc) is 2.48. The van der Waals surface area contributed by atoms with Gasteiger partial charge in [0.25, 0.3) is 0 Å². The van der Waals surface area contributed by atoms with Crippen molar-refractivity contribution in [3.05, 3.63) is 29.5 Å². The molecule has 1 aliphatic heterocycles. The van der Waals surface area contributed by atoms with Crippen LogP contribution < -0.4 is 0 Å². The van der Waals surface area contributed by atoms with Crippen LogP contribution in [0.1, 0.15) is 17.4 Å². The SMILES string of the molecule is Cc1ncc2n1C=C=CC2C(=O)O. The molecular weight excluding hydrogens is 168 g/mol. The molecule has 0 spiro atoms. The molecule has 0 amide bonds. The number of rotatable bonds is 1. The highest BCUT2D eigenvalue weighted by Crippen LogP contribution is 2.21. The lowest BCUT2D eigenvalue weighted by atomic mass is 10.1. The first-order chi connectivity index (χ1) is 6.20. The van der Waals surface area contributed by atoms with E-state index in [0.717, 1.165) is 5.82 Å². The van der Waals surface area contributed by atoms with Crippen LogP contribution in [0.2, 0.25) is 0 Å². The largest absolute Gasteiger partial charge is 0.480 e. The van der Waals surface area contributed by atoms with Gasteiger partial charge in [-0.2, -0.15) is 0 Å². The van der Waals surface area contributed by atoms with Gasteiger partial charge in [0.2, 0.25) is 0 Å². The Balaban J connectivity index is 2.59. The first-order valence-electron chi connectivity index (χ1n) is 3.89. The maximum Gasteiger partial charge on any atom is 0.317 e. The summed E-state index contributed by atoms with van der Waals surface area (Å²) in [6, 6.07) is 0. The second kappa shape index (κ2) is 2.61. The van der Waals surface area contributed by atoms with Gasteiger partial charge in [0.05, 0.1) is 18.1 Å². The zero-order valence-corrected chi connectivity index (χ0v) is 7.06. The molecule has 4 nitrogen and oxygen atoms in total. The molecule has 2 heterocycles. The van der Waals surface area contributed by atoms with Gasteiger partial charge >= 0.3 is 5.97 Å². The summed E-state index contributed by atoms with van der Waals surface area (Å²) in [5.74, 6) is -0.713. The summed E-state index contributed by atoms with van der Waals surface area (Å²) in [6.07, 6.45) is 4.80. The second-order valence-electron chi connectivity index (χ2n) is 2.88. The Bertz CT molecular complexity index is 425. The van der Waals surface area contributed by atoms with Gasteiger partial charge in [0, 0.05) is 0 Å². The molecule has 0 saturated carbocycles. The summed E-state index contributed by atoms with van der Waals surface area (Å²) in [7, 11) is 0. The van der Waals surface area contributed by atoms with Crippen molar-refractivity contribution in [1.82, 2.24) is 9.55 Å². The van der Waals surface area contributed by atoms with E-state index >= 15 is 0 Å². The summed E-state index contributed by atoms with van der Waals surface area (Å²) in [5.41, 5.74) is 3.48. The first kappa shape index (κ1) is 7.83. The molecular formula is C9H8N2O2. The third kappa shape index (κ3) is 1.08. The van der Waals surface area contributed by atoms with Crippen molar-refractivity contribution in [3.8, 4) is 0 Å². The third-order valence-electron chi connectivity index (χ3n) is 2.06. The molecule has 0 fully saturated rings. The molecule has 0 saturated heterocycles. The van der Waals surface area contributed by atoms with Crippen LogP contribution >= 0.6 is 0 Å². The van der Waals surface area contributed by atoms with Crippen LogP contribution in [-0.2, 0) is 4.79 Å². The van der Waals surface area contributed by atoms with Crippen molar-refractivity contribution in [1.29, 1.82) is 0 Å². The molecule has 1 atom stereocenters. The summed E-state index contributed by atoms with van der Waals surface area (Å²) in [6.45, 7) is 1.83. The maximum atomic E-state index is 10.8. The second-order valence-corrected chi connectivity index (χ2v) is 2.88. The predicted octanol–water partition coefficient (Wildman–Crippen LogP) is 0.999. The van der Waals surface area contributed by atoms with E-state index in [1.54, 1.807) is 17.0 Å². The lowest BCUT2D eigenvalue weighted by Crippen LogP contribution is -2.14. The number of fused-ring (bicyclic) bond motifs is 1. The van der Waals surface area contributed by atoms with Crippen LogP contribution in [0.3, 0.4) is 0 Å². The van der Waals surface area contributed by atoms with E-state index < -0.39 is 11.9 Å². The van der Waals surface area contributed by atoms with Crippen molar-refractivity contribution < 1.29 is 9.90 Å². The number of carboxylic acids is 1. The molecule has 13 heavy (non-hydrogen) atoms. The molecule has 4 heteroatoms. The van der Waals surface area contributed by atoms with E-state index in [0.29, 0.717) is 5.69 Å². The van der Waals surface area contributed by atoms with Crippen LogP contribution in [0.15, 0.2) is 18.0 Å². The van der Waals surface area contributed by atoms with Crippen molar-refractivity contribution >= 4 is 12.2 Å². The van der Waals surface area contributed by atoms with Crippen molar-refractivity contribution in [2.45, 2.75) is 12.8 Å². The highest BCUT2D eigenvalue weighted by Gasteiger charge is 2.22. The lowest BCUT2D eigenvalue weighted by molar-refractivity contribution is -0.137. The normalized spacial score (nSPS) is 18.7. The molecule has 0 aromatic carbocycles. The molecule has 0 bridgehead atoms. The van der Waals surface area contributed by atoms with Crippen molar-refractivity contribution in [2.75, 3.05) is 0 Å². The monoisotopic (exact) mass is 176 g/mol. The zero-order valence-electron chi connectivity index (χ0n) is 7.06. The molecule has 1 unspecified atom stereocenters. The maximum absolute atomic E-state index is 10.8. The number of aryl methyl sites for hydroxylation is 1. The zero-order chi connectivity index (χ0) is 9.42. The Labute approximate surface area is 74.8 Å². The molecule has 1 aliphatic rings. The van der Waals surface area contributed by atoms with Gasteiger partial charge in [0.1, 0.15) is 11.7 Å². The van der Waals surface area contributed by atoms with E-state index in [4.69, 9.17) is 5.11 Å². The van der Waals surface area contributed by atoms with Crippen LogP contribution in [0.25, 0.3) is 6.20 Å². The Morgan fingerprint density at radius 3 is 3.23 bits per heavy atom. The van der Waals surface area contributed by atoms with Gasteiger partial charge < -0.3 is 5.11 Å². The molecule has 66 valence electrons. The predicted molar refractivity (Wildman–Crippen MR) is 46.2 cm³/mol. The van der Waals surface area contributed by atoms with Gasteiger partial charge in [-0.25, -0.2) is 4.98 Å². The number of aromatic nitrogens is 2. The molecule has 0 radical (unpaired) electrons. The van der Waals surface area contributed by atoms with Crippen molar-refractivity contribution in [2.24, 2.45) is 0 Å². The summed E-state index contributed by atoms with van der Waals surface area (Å²) in [5, 5.41) is 8.87. The number of carboxylic acid groups (broad SMARTS) is 1. The van der Waals surface area contributed by atoms with Crippen LogP contribution in [0.4, 0.5) is 0 Å². The van der Waals surface area contributed by atoms with Crippen LogP contribution in [-0.4, -0.2) is 20.6 Å². The number of carbonyl (C=O) groups is 1. The van der Waals surface area contributed by atoms with E-state index in [1.165, 1.54) is 6.08 Å². The quantitative estimate of drug-likeness (QED) is 0.649.